The molecule has 3 N–H and O–H groups in total. The van der Waals surface area contributed by atoms with E-state index >= 15 is 0 Å². The van der Waals surface area contributed by atoms with Crippen molar-refractivity contribution >= 4 is 23.6 Å². The van der Waals surface area contributed by atoms with Crippen molar-refractivity contribution in [3.05, 3.63) is 65.2 Å². The molecule has 0 saturated carbocycles. The van der Waals surface area contributed by atoms with Crippen molar-refractivity contribution in [1.82, 2.24) is 5.32 Å². The molecule has 0 heterocycles. The molecule has 0 spiro atoms. The molecule has 0 saturated heterocycles. The largest absolute Gasteiger partial charge is 0.485 e. The second-order valence-electron chi connectivity index (χ2n) is 5.92. The summed E-state index contributed by atoms with van der Waals surface area (Å²) >= 11 is 0. The van der Waals surface area contributed by atoms with Crippen molar-refractivity contribution < 1.29 is 34.1 Å². The lowest BCUT2D eigenvalue weighted by molar-refractivity contribution is -0.152. The molecule has 0 aliphatic carbocycles. The molecule has 0 bridgehead atoms. The quantitative estimate of drug-likeness (QED) is 0.441. The number of benzene rings is 2. The predicted molar refractivity (Wildman–Crippen MR) is 98.3 cm³/mol. The number of nitriles is 1. The molecule has 0 unspecified atom stereocenters. The van der Waals surface area contributed by atoms with Crippen molar-refractivity contribution in [2.75, 3.05) is 6.61 Å². The normalized spacial score (nSPS) is 11.0. The zero-order valence-electron chi connectivity index (χ0n) is 15.0. The number of carbonyl (C=O) groups excluding carboxylic acids is 2. The van der Waals surface area contributed by atoms with Crippen LogP contribution in [0.2, 0.25) is 0 Å². The fourth-order valence-corrected chi connectivity index (χ4v) is 2.34. The van der Waals surface area contributed by atoms with Gasteiger partial charge >= 0.3 is 17.8 Å². The first-order valence-corrected chi connectivity index (χ1v) is 8.32. The van der Waals surface area contributed by atoms with E-state index in [4.69, 9.17) is 20.2 Å². The van der Waals surface area contributed by atoms with E-state index in [1.807, 2.05) is 11.4 Å². The lowest BCUT2D eigenvalue weighted by Crippen LogP contribution is -2.45. The van der Waals surface area contributed by atoms with Gasteiger partial charge in [-0.15, -0.1) is 0 Å². The summed E-state index contributed by atoms with van der Waals surface area (Å²) in [6.07, 6.45) is -0.126. The Morgan fingerprint density at radius 3 is 2.14 bits per heavy atom. The smallest absolute Gasteiger partial charge is 0.394 e. The lowest BCUT2D eigenvalue weighted by atomic mass is 10.1. The number of amides is 1. The van der Waals surface area contributed by atoms with Crippen LogP contribution in [-0.4, -0.2) is 46.5 Å². The Kier molecular flexibility index (Phi) is 7.03. The van der Waals surface area contributed by atoms with Gasteiger partial charge in [0.15, 0.2) is 12.4 Å². The van der Waals surface area contributed by atoms with E-state index in [1.54, 1.807) is 12.1 Å². The van der Waals surface area contributed by atoms with Crippen LogP contribution < -0.4 is 10.1 Å². The summed E-state index contributed by atoms with van der Waals surface area (Å²) in [6, 6.07) is 12.8. The highest BCUT2D eigenvalue weighted by molar-refractivity contribution is 6.31. The number of carbonyl (C=O) groups is 4. The van der Waals surface area contributed by atoms with Crippen LogP contribution in [0.15, 0.2) is 48.5 Å². The van der Waals surface area contributed by atoms with E-state index in [9.17, 15) is 19.2 Å². The Hall–Kier alpha value is -4.19. The summed E-state index contributed by atoms with van der Waals surface area (Å²) < 4.78 is 5.40. The molecule has 1 amide bonds. The Morgan fingerprint density at radius 1 is 1.00 bits per heavy atom. The molecule has 9 heteroatoms. The Morgan fingerprint density at radius 2 is 1.62 bits per heavy atom. The maximum Gasteiger partial charge on any atom is 0.394 e. The van der Waals surface area contributed by atoms with Gasteiger partial charge in [-0.25, -0.2) is 9.59 Å². The fourth-order valence-electron chi connectivity index (χ4n) is 2.34. The number of nitrogens with one attached hydrogen (secondary N) is 1. The van der Waals surface area contributed by atoms with E-state index in [0.29, 0.717) is 22.4 Å². The van der Waals surface area contributed by atoms with Gasteiger partial charge in [-0.1, -0.05) is 12.1 Å². The van der Waals surface area contributed by atoms with Crippen LogP contribution in [0.5, 0.6) is 5.75 Å². The molecular weight excluding hydrogens is 380 g/mol. The SMILES string of the molecule is N#Cc1ccc(C(=O)COc2ccc(C[C@@H](NC(=O)C(=O)O)C(=O)O)cc2)cc1. The minimum Gasteiger partial charge on any atom is -0.485 e. The van der Waals surface area contributed by atoms with Gasteiger partial charge in [0, 0.05) is 12.0 Å². The Labute approximate surface area is 165 Å². The summed E-state index contributed by atoms with van der Waals surface area (Å²) in [5, 5.41) is 28.3. The Balaban J connectivity index is 1.94. The third-order valence-electron chi connectivity index (χ3n) is 3.87. The number of aliphatic carboxylic acids is 2. The first-order chi connectivity index (χ1) is 13.8. The zero-order chi connectivity index (χ0) is 21.4. The highest BCUT2D eigenvalue weighted by Crippen LogP contribution is 2.14. The number of ether oxygens (including phenoxy) is 1. The summed E-state index contributed by atoms with van der Waals surface area (Å²) in [6.45, 7) is -0.225. The van der Waals surface area contributed by atoms with Crippen molar-refractivity contribution in [1.29, 1.82) is 5.26 Å². The maximum absolute atomic E-state index is 12.1. The van der Waals surface area contributed by atoms with E-state index in [0.717, 1.165) is 0 Å². The number of nitrogens with zero attached hydrogens (tertiary/aromatic N) is 1. The van der Waals surface area contributed by atoms with Gasteiger partial charge in [-0.05, 0) is 42.0 Å². The second-order valence-corrected chi connectivity index (χ2v) is 5.92. The third kappa shape index (κ3) is 6.18. The summed E-state index contributed by atoms with van der Waals surface area (Å²) in [5.74, 6) is -4.45. The van der Waals surface area contributed by atoms with Gasteiger partial charge in [0.1, 0.15) is 11.8 Å². The van der Waals surface area contributed by atoms with Crippen LogP contribution >= 0.6 is 0 Å². The Bertz CT molecular complexity index is 960. The predicted octanol–water partition coefficient (Wildman–Crippen LogP) is 1.02. The number of hydrogen-bond acceptors (Lipinski definition) is 6. The number of carboxylic acid groups (broad SMARTS) is 2. The molecule has 0 fully saturated rings. The van der Waals surface area contributed by atoms with E-state index in [2.05, 4.69) is 0 Å². The van der Waals surface area contributed by atoms with Crippen LogP contribution in [0.1, 0.15) is 21.5 Å². The highest BCUT2D eigenvalue weighted by atomic mass is 16.5. The number of rotatable bonds is 8. The lowest BCUT2D eigenvalue weighted by Gasteiger charge is -2.13. The minimum atomic E-state index is -1.77. The minimum absolute atomic E-state index is 0.126. The molecule has 2 rings (SSSR count). The van der Waals surface area contributed by atoms with Crippen LogP contribution in [0.4, 0.5) is 0 Å². The molecule has 29 heavy (non-hydrogen) atoms. The van der Waals surface area contributed by atoms with Crippen LogP contribution in [0.3, 0.4) is 0 Å². The average Bonchev–Trinajstić information content (AvgIpc) is 2.72. The zero-order valence-corrected chi connectivity index (χ0v) is 15.0. The van der Waals surface area contributed by atoms with E-state index in [1.165, 1.54) is 36.4 Å². The molecule has 9 nitrogen and oxygen atoms in total. The first kappa shape index (κ1) is 21.1. The topological polar surface area (TPSA) is 154 Å². The third-order valence-corrected chi connectivity index (χ3v) is 3.87. The maximum atomic E-state index is 12.1. The van der Waals surface area contributed by atoms with Crippen LogP contribution in [0.25, 0.3) is 0 Å². The summed E-state index contributed by atoms with van der Waals surface area (Å²) in [4.78, 5) is 45.0. The molecule has 0 aromatic heterocycles. The van der Waals surface area contributed by atoms with Gasteiger partial charge in [-0.2, -0.15) is 5.26 Å². The molecule has 2 aromatic carbocycles. The van der Waals surface area contributed by atoms with Gasteiger partial charge in [-0.3, -0.25) is 9.59 Å². The number of carboxylic acids is 2. The molecule has 148 valence electrons. The molecule has 1 atom stereocenters. The van der Waals surface area contributed by atoms with Gasteiger partial charge in [0.2, 0.25) is 0 Å². The summed E-state index contributed by atoms with van der Waals surface area (Å²) in [5.41, 5.74) is 1.37. The van der Waals surface area contributed by atoms with Crippen molar-refractivity contribution in [2.45, 2.75) is 12.5 Å². The van der Waals surface area contributed by atoms with E-state index in [-0.39, 0.29) is 18.8 Å². The molecular formula is C20H16N2O7. The van der Waals surface area contributed by atoms with Gasteiger partial charge in [0.05, 0.1) is 11.6 Å². The average molecular weight is 396 g/mol. The first-order valence-electron chi connectivity index (χ1n) is 8.32. The molecule has 0 aliphatic rings. The molecule has 0 aliphatic heterocycles. The monoisotopic (exact) mass is 396 g/mol. The van der Waals surface area contributed by atoms with Crippen LogP contribution in [0, 0.1) is 11.3 Å². The van der Waals surface area contributed by atoms with Crippen LogP contribution in [-0.2, 0) is 20.8 Å². The standard InChI is InChI=1S/C20H16N2O7/c21-10-13-1-5-14(6-2-13)17(23)11-29-15-7-3-12(4-8-15)9-16(19(25)26)22-18(24)20(27)28/h1-8,16H,9,11H2,(H,22,24)(H,25,26)(H,27,28)/t16-/m1/s1. The number of ketones is 1. The highest BCUT2D eigenvalue weighted by Gasteiger charge is 2.23. The molecule has 0 radical (unpaired) electrons. The fraction of sp³-hybridized carbons (Fsp3) is 0.150. The van der Waals surface area contributed by atoms with E-state index < -0.39 is 23.9 Å². The van der Waals surface area contributed by atoms with Crippen molar-refractivity contribution in [3.63, 3.8) is 0 Å². The van der Waals surface area contributed by atoms with Gasteiger partial charge in [0.25, 0.3) is 0 Å². The van der Waals surface area contributed by atoms with Crippen molar-refractivity contribution in [3.8, 4) is 11.8 Å². The summed E-state index contributed by atoms with van der Waals surface area (Å²) in [7, 11) is 0. The number of hydrogen-bond donors (Lipinski definition) is 3. The van der Waals surface area contributed by atoms with Crippen molar-refractivity contribution in [2.24, 2.45) is 0 Å². The van der Waals surface area contributed by atoms with Gasteiger partial charge < -0.3 is 20.3 Å². The molecule has 2 aromatic rings. The number of Topliss-reactive ketones (excluding diaryl/α,β-unsaturated/α-hetero) is 1. The second kappa shape index (κ2) is 9.66.